The second-order valence-electron chi connectivity index (χ2n) is 3.97. The van der Waals surface area contributed by atoms with E-state index in [1.54, 1.807) is 0 Å². The van der Waals surface area contributed by atoms with E-state index < -0.39 is 0 Å². The maximum Gasteiger partial charge on any atom is 0.198 e. The van der Waals surface area contributed by atoms with Crippen molar-refractivity contribution in [2.45, 2.75) is 70.6 Å². The zero-order valence-electron chi connectivity index (χ0n) is 9.59. The number of rotatable bonds is 12. The minimum atomic E-state index is 0.599. The van der Waals surface area contributed by atoms with Crippen LogP contribution in [0.15, 0.2) is 0 Å². The molecule has 0 aromatic carbocycles. The first-order valence-corrected chi connectivity index (χ1v) is 6.12. The van der Waals surface area contributed by atoms with Crippen LogP contribution in [0.3, 0.4) is 0 Å². The molecule has 0 heterocycles. The third kappa shape index (κ3) is 13.3. The Bertz CT molecular complexity index is 127. The highest BCUT2D eigenvalue weighted by Gasteiger charge is 1.92. The summed E-state index contributed by atoms with van der Waals surface area (Å²) in [6.07, 6.45) is 15.7. The van der Waals surface area contributed by atoms with Crippen molar-refractivity contribution in [2.24, 2.45) is 0 Å². The monoisotopic (exact) mass is 210 g/mol. The van der Waals surface area contributed by atoms with Gasteiger partial charge in [-0.15, -0.1) is 0 Å². The lowest BCUT2D eigenvalue weighted by Gasteiger charge is -2.00. The molecule has 2 heteroatoms. The third-order valence-electron chi connectivity index (χ3n) is 2.56. The largest absolute Gasteiger partial charge is 0.291 e. The number of unbranched alkanes of at least 4 members (excludes halogenated alkanes) is 10. The molecule has 0 fully saturated rings. The Morgan fingerprint density at radius 1 is 0.467 bits per heavy atom. The lowest BCUT2D eigenvalue weighted by atomic mass is 10.1. The Kier molecular flexibility index (Phi) is 12.8. The maximum absolute atomic E-state index is 9.91. The number of carbonyl (C=O) groups excluding carboxylic acids is 2. The highest BCUT2D eigenvalue weighted by Crippen LogP contribution is 2.10. The molecule has 2 nitrogen and oxygen atoms in total. The van der Waals surface area contributed by atoms with Crippen LogP contribution in [0.5, 0.6) is 0 Å². The average Bonchev–Trinajstić information content (AvgIpc) is 2.26. The van der Waals surface area contributed by atoms with Crippen molar-refractivity contribution < 1.29 is 9.59 Å². The smallest absolute Gasteiger partial charge is 0.198 e. The normalized spacial score (nSPS) is 10.1. The fourth-order valence-corrected chi connectivity index (χ4v) is 1.63. The summed E-state index contributed by atoms with van der Waals surface area (Å²) in [5.74, 6) is 0. The van der Waals surface area contributed by atoms with Crippen molar-refractivity contribution in [2.75, 3.05) is 0 Å². The molecular weight excluding hydrogens is 188 g/mol. The van der Waals surface area contributed by atoms with E-state index in [4.69, 9.17) is 0 Å². The molecule has 0 saturated carbocycles. The van der Waals surface area contributed by atoms with Gasteiger partial charge >= 0.3 is 0 Å². The van der Waals surface area contributed by atoms with Gasteiger partial charge in [0.1, 0.15) is 0 Å². The van der Waals surface area contributed by atoms with E-state index in [1.807, 2.05) is 12.6 Å². The average molecular weight is 210 g/mol. The fourth-order valence-electron chi connectivity index (χ4n) is 1.63. The van der Waals surface area contributed by atoms with Crippen LogP contribution in [0.2, 0.25) is 0 Å². The third-order valence-corrected chi connectivity index (χ3v) is 2.56. The van der Waals surface area contributed by atoms with Gasteiger partial charge in [-0.1, -0.05) is 44.9 Å². The first-order chi connectivity index (χ1) is 7.41. The van der Waals surface area contributed by atoms with Gasteiger partial charge in [-0.2, -0.15) is 0 Å². The Hall–Kier alpha value is -0.660. The van der Waals surface area contributed by atoms with Crippen molar-refractivity contribution in [3.05, 3.63) is 0 Å². The zero-order chi connectivity index (χ0) is 11.2. The molecule has 15 heavy (non-hydrogen) atoms. The van der Waals surface area contributed by atoms with Crippen molar-refractivity contribution in [1.29, 1.82) is 0 Å². The Morgan fingerprint density at radius 3 is 1.00 bits per heavy atom. The molecule has 0 aliphatic carbocycles. The van der Waals surface area contributed by atoms with Gasteiger partial charge in [-0.25, -0.2) is 0 Å². The van der Waals surface area contributed by atoms with Gasteiger partial charge in [0.2, 0.25) is 0 Å². The minimum Gasteiger partial charge on any atom is -0.291 e. The van der Waals surface area contributed by atoms with Crippen LogP contribution in [-0.2, 0) is 9.59 Å². The molecule has 0 aromatic rings. The van der Waals surface area contributed by atoms with Gasteiger partial charge in [0.05, 0.1) is 0 Å². The lowest BCUT2D eigenvalue weighted by Crippen LogP contribution is -1.83. The highest BCUT2D eigenvalue weighted by molar-refractivity contribution is 5.50. The summed E-state index contributed by atoms with van der Waals surface area (Å²) in [6.45, 7) is 0. The summed E-state index contributed by atoms with van der Waals surface area (Å²) in [4.78, 5) is 19.8. The van der Waals surface area contributed by atoms with E-state index in [9.17, 15) is 9.59 Å². The summed E-state index contributed by atoms with van der Waals surface area (Å²) in [5, 5.41) is 0. The Labute approximate surface area is 93.4 Å². The van der Waals surface area contributed by atoms with E-state index in [1.165, 1.54) is 32.1 Å². The molecular formula is C13H22O2. The van der Waals surface area contributed by atoms with Crippen LogP contribution in [0.4, 0.5) is 0 Å². The zero-order valence-corrected chi connectivity index (χ0v) is 9.59. The second kappa shape index (κ2) is 13.3. The Morgan fingerprint density at radius 2 is 0.733 bits per heavy atom. The van der Waals surface area contributed by atoms with Crippen molar-refractivity contribution in [3.63, 3.8) is 0 Å². The summed E-state index contributed by atoms with van der Waals surface area (Å²) in [7, 11) is 0. The summed E-state index contributed by atoms with van der Waals surface area (Å²) < 4.78 is 0. The second-order valence-corrected chi connectivity index (χ2v) is 3.97. The van der Waals surface area contributed by atoms with Gasteiger partial charge in [0.25, 0.3) is 0 Å². The molecule has 0 spiro atoms. The van der Waals surface area contributed by atoms with Crippen LogP contribution < -0.4 is 0 Å². The van der Waals surface area contributed by atoms with Crippen LogP contribution in [0.25, 0.3) is 0 Å². The summed E-state index contributed by atoms with van der Waals surface area (Å²) in [6, 6.07) is 0. The van der Waals surface area contributed by atoms with Crippen molar-refractivity contribution >= 4 is 12.6 Å². The van der Waals surface area contributed by atoms with Crippen LogP contribution in [-0.4, -0.2) is 12.6 Å². The highest BCUT2D eigenvalue weighted by atomic mass is 16.1. The van der Waals surface area contributed by atoms with Crippen LogP contribution in [0.1, 0.15) is 70.6 Å². The lowest BCUT2D eigenvalue weighted by molar-refractivity contribution is 0.532. The van der Waals surface area contributed by atoms with E-state index in [-0.39, 0.29) is 0 Å². The predicted octanol–water partition coefficient (Wildman–Crippen LogP) is 3.50. The topological polar surface area (TPSA) is 34.1 Å². The standard InChI is InChI=1S/C13H22O2/c14-12-10-8-6-4-2-1-3-5-7-9-11-13-15/h1-11H2. The maximum atomic E-state index is 9.91. The number of hydrogen-bond acceptors (Lipinski definition) is 2. The van der Waals surface area contributed by atoms with Gasteiger partial charge in [0.15, 0.2) is 12.6 Å². The van der Waals surface area contributed by atoms with E-state index in [0.29, 0.717) is 12.8 Å². The van der Waals surface area contributed by atoms with Crippen molar-refractivity contribution in [1.82, 2.24) is 0 Å². The molecule has 0 bridgehead atoms. The van der Waals surface area contributed by atoms with E-state index >= 15 is 0 Å². The van der Waals surface area contributed by atoms with Crippen molar-refractivity contribution in [3.8, 4) is 0 Å². The van der Waals surface area contributed by atoms with Gasteiger partial charge in [-0.3, -0.25) is 9.59 Å². The quantitative estimate of drug-likeness (QED) is 0.462. The number of hydrogen-bond donors (Lipinski definition) is 0. The predicted molar refractivity (Wildman–Crippen MR) is 62.2 cm³/mol. The molecule has 0 aliphatic heterocycles. The van der Waals surface area contributed by atoms with Gasteiger partial charge in [0, 0.05) is 12.8 Å². The molecule has 86 valence electrons. The SMILES string of the molecule is O=[C]CCCCCCCCCCC[C]=O. The van der Waals surface area contributed by atoms with Gasteiger partial charge in [-0.05, 0) is 12.8 Å². The molecule has 0 rings (SSSR count). The summed E-state index contributed by atoms with van der Waals surface area (Å²) >= 11 is 0. The molecule has 0 aliphatic rings. The first kappa shape index (κ1) is 14.3. The molecule has 0 saturated heterocycles. The molecule has 0 unspecified atom stereocenters. The molecule has 0 N–H and O–H groups in total. The Balaban J connectivity index is 2.86. The molecule has 0 aromatic heterocycles. The first-order valence-electron chi connectivity index (χ1n) is 6.12. The van der Waals surface area contributed by atoms with E-state index in [0.717, 1.165) is 25.7 Å². The van der Waals surface area contributed by atoms with Crippen LogP contribution in [0, 0.1) is 0 Å². The van der Waals surface area contributed by atoms with E-state index in [2.05, 4.69) is 0 Å². The molecule has 2 radical (unpaired) electrons. The van der Waals surface area contributed by atoms with Crippen LogP contribution >= 0.6 is 0 Å². The fraction of sp³-hybridized carbons (Fsp3) is 0.846. The van der Waals surface area contributed by atoms with Gasteiger partial charge < -0.3 is 0 Å². The molecule has 0 atom stereocenters. The summed E-state index contributed by atoms with van der Waals surface area (Å²) in [5.41, 5.74) is 0. The molecule has 0 amide bonds. The minimum absolute atomic E-state index is 0.599.